The first kappa shape index (κ1) is 9.85. The number of hydrogen-bond donors (Lipinski definition) is 1. The van der Waals surface area contributed by atoms with Crippen LogP contribution in [-0.2, 0) is 11.8 Å². The molecule has 2 heterocycles. The van der Waals surface area contributed by atoms with Crippen molar-refractivity contribution >= 4 is 34.6 Å². The second-order valence-corrected chi connectivity index (χ2v) is 3.40. The summed E-state index contributed by atoms with van der Waals surface area (Å²) < 4.78 is 1.70. The van der Waals surface area contributed by atoms with E-state index < -0.39 is 0 Å². The molecule has 0 radical (unpaired) electrons. The Kier molecular flexibility index (Phi) is 2.28. The third-order valence-corrected chi connectivity index (χ3v) is 2.07. The maximum atomic E-state index is 10.8. The first-order valence-electron chi connectivity index (χ1n) is 4.20. The highest BCUT2D eigenvalue weighted by Gasteiger charge is 2.10. The summed E-state index contributed by atoms with van der Waals surface area (Å²) in [4.78, 5) is 22.9. The maximum Gasteiger partial charge on any atom is 0.232 e. The van der Waals surface area contributed by atoms with Crippen LogP contribution in [0, 0.1) is 0 Å². The van der Waals surface area contributed by atoms with Crippen LogP contribution in [0.15, 0.2) is 6.33 Å². The molecule has 1 N–H and O–H groups in total. The molecule has 15 heavy (non-hydrogen) atoms. The summed E-state index contributed by atoms with van der Waals surface area (Å²) in [6, 6.07) is 0. The Morgan fingerprint density at radius 2 is 2.27 bits per heavy atom. The SMILES string of the molecule is CC(=O)Nc1nc(Cl)c2ncn(C)c2n1. The van der Waals surface area contributed by atoms with Crippen molar-refractivity contribution in [3.63, 3.8) is 0 Å². The lowest BCUT2D eigenvalue weighted by Gasteiger charge is -2.01. The van der Waals surface area contributed by atoms with Gasteiger partial charge in [0.2, 0.25) is 11.9 Å². The molecule has 2 rings (SSSR count). The van der Waals surface area contributed by atoms with Gasteiger partial charge in [-0.2, -0.15) is 9.97 Å². The summed E-state index contributed by atoms with van der Waals surface area (Å²) in [5.74, 6) is -0.0591. The lowest BCUT2D eigenvalue weighted by atomic mass is 10.5. The van der Waals surface area contributed by atoms with Crippen molar-refractivity contribution in [2.45, 2.75) is 6.92 Å². The van der Waals surface area contributed by atoms with E-state index in [9.17, 15) is 4.79 Å². The van der Waals surface area contributed by atoms with Gasteiger partial charge in [-0.1, -0.05) is 11.6 Å². The highest BCUT2D eigenvalue weighted by atomic mass is 35.5. The smallest absolute Gasteiger partial charge is 0.232 e. The van der Waals surface area contributed by atoms with Gasteiger partial charge in [-0.3, -0.25) is 10.1 Å². The molecule has 0 aromatic carbocycles. The molecule has 0 unspecified atom stereocenters. The van der Waals surface area contributed by atoms with Gasteiger partial charge >= 0.3 is 0 Å². The van der Waals surface area contributed by atoms with Crippen LogP contribution >= 0.6 is 11.6 Å². The van der Waals surface area contributed by atoms with Gasteiger partial charge in [0.25, 0.3) is 0 Å². The van der Waals surface area contributed by atoms with Gasteiger partial charge in [-0.25, -0.2) is 4.98 Å². The van der Waals surface area contributed by atoms with E-state index in [4.69, 9.17) is 11.6 Å². The molecule has 0 atom stereocenters. The number of fused-ring (bicyclic) bond motifs is 1. The van der Waals surface area contributed by atoms with Gasteiger partial charge in [0.05, 0.1) is 6.33 Å². The van der Waals surface area contributed by atoms with E-state index in [0.29, 0.717) is 11.2 Å². The minimum absolute atomic E-state index is 0.184. The summed E-state index contributed by atoms with van der Waals surface area (Å²) >= 11 is 5.88. The lowest BCUT2D eigenvalue weighted by Crippen LogP contribution is -2.09. The van der Waals surface area contributed by atoms with E-state index in [-0.39, 0.29) is 17.0 Å². The van der Waals surface area contributed by atoms with Crippen LogP contribution in [0.4, 0.5) is 5.95 Å². The molecule has 0 bridgehead atoms. The third kappa shape index (κ3) is 1.75. The Balaban J connectivity index is 2.59. The molecule has 2 aromatic rings. The number of amides is 1. The third-order valence-electron chi connectivity index (χ3n) is 1.81. The van der Waals surface area contributed by atoms with Gasteiger partial charge in [-0.05, 0) is 0 Å². The van der Waals surface area contributed by atoms with Gasteiger partial charge in [0.1, 0.15) is 5.52 Å². The molecule has 0 spiro atoms. The van der Waals surface area contributed by atoms with Crippen LogP contribution in [-0.4, -0.2) is 25.4 Å². The molecule has 6 nitrogen and oxygen atoms in total. The van der Waals surface area contributed by atoms with Crippen LogP contribution in [0.5, 0.6) is 0 Å². The number of aryl methyl sites for hydroxylation is 1. The highest BCUT2D eigenvalue weighted by Crippen LogP contribution is 2.19. The second-order valence-electron chi connectivity index (χ2n) is 3.05. The van der Waals surface area contributed by atoms with Crippen LogP contribution in [0.1, 0.15) is 6.92 Å². The molecule has 0 aliphatic carbocycles. The standard InChI is InChI=1S/C8H8ClN5O/c1-4(15)11-8-12-6(9)5-7(13-8)14(2)3-10-5/h3H,1-2H3,(H,11,12,13,15). The summed E-state index contributed by atoms with van der Waals surface area (Å²) in [5, 5.41) is 2.69. The Hall–Kier alpha value is -1.69. The number of nitrogens with zero attached hydrogens (tertiary/aromatic N) is 4. The zero-order valence-corrected chi connectivity index (χ0v) is 8.91. The van der Waals surface area contributed by atoms with E-state index in [1.54, 1.807) is 17.9 Å². The first-order chi connectivity index (χ1) is 7.08. The van der Waals surface area contributed by atoms with Crippen molar-refractivity contribution in [2.75, 3.05) is 5.32 Å². The highest BCUT2D eigenvalue weighted by molar-refractivity contribution is 6.33. The first-order valence-corrected chi connectivity index (χ1v) is 4.58. The van der Waals surface area contributed by atoms with Crippen molar-refractivity contribution < 1.29 is 4.79 Å². The Labute approximate surface area is 90.3 Å². The molecule has 0 fully saturated rings. The molecule has 0 aliphatic rings. The van der Waals surface area contributed by atoms with Gasteiger partial charge < -0.3 is 4.57 Å². The van der Waals surface area contributed by atoms with Gasteiger partial charge in [0.15, 0.2) is 10.8 Å². The molecule has 78 valence electrons. The van der Waals surface area contributed by atoms with Gasteiger partial charge in [-0.15, -0.1) is 0 Å². The summed E-state index contributed by atoms with van der Waals surface area (Å²) in [6.07, 6.45) is 1.59. The Morgan fingerprint density at radius 3 is 2.93 bits per heavy atom. The molecule has 7 heteroatoms. The Bertz CT molecular complexity index is 535. The number of carbonyl (C=O) groups is 1. The monoisotopic (exact) mass is 225 g/mol. The zero-order chi connectivity index (χ0) is 11.0. The van der Waals surface area contributed by atoms with Crippen molar-refractivity contribution in [3.05, 3.63) is 11.5 Å². The number of rotatable bonds is 1. The second kappa shape index (κ2) is 3.47. The number of carbonyl (C=O) groups excluding carboxylic acids is 1. The predicted molar refractivity (Wildman–Crippen MR) is 55.6 cm³/mol. The predicted octanol–water partition coefficient (Wildman–Crippen LogP) is 0.975. The van der Waals surface area contributed by atoms with Crippen LogP contribution in [0.3, 0.4) is 0 Å². The van der Waals surface area contributed by atoms with Crippen molar-refractivity contribution in [1.82, 2.24) is 19.5 Å². The molecule has 0 saturated carbocycles. The van der Waals surface area contributed by atoms with E-state index in [1.165, 1.54) is 6.92 Å². The number of halogens is 1. The zero-order valence-electron chi connectivity index (χ0n) is 8.15. The molecule has 0 aliphatic heterocycles. The summed E-state index contributed by atoms with van der Waals surface area (Å²) in [5.41, 5.74) is 1.10. The van der Waals surface area contributed by atoms with Crippen LogP contribution in [0.2, 0.25) is 5.15 Å². The molecule has 0 saturated heterocycles. The number of anilines is 1. The summed E-state index contributed by atoms with van der Waals surface area (Å²) in [6.45, 7) is 1.38. The molecular weight excluding hydrogens is 218 g/mol. The van der Waals surface area contributed by atoms with Crippen LogP contribution < -0.4 is 5.32 Å². The topological polar surface area (TPSA) is 72.7 Å². The number of aromatic nitrogens is 4. The number of hydrogen-bond acceptors (Lipinski definition) is 4. The average molecular weight is 226 g/mol. The normalized spacial score (nSPS) is 10.6. The minimum atomic E-state index is -0.243. The number of nitrogens with one attached hydrogen (secondary N) is 1. The average Bonchev–Trinajstić information content (AvgIpc) is 2.47. The van der Waals surface area contributed by atoms with E-state index in [0.717, 1.165) is 0 Å². The van der Waals surface area contributed by atoms with E-state index in [1.807, 2.05) is 0 Å². The van der Waals surface area contributed by atoms with E-state index in [2.05, 4.69) is 20.3 Å². The molecule has 1 amide bonds. The quantitative estimate of drug-likeness (QED) is 0.735. The summed E-state index contributed by atoms with van der Waals surface area (Å²) in [7, 11) is 1.79. The van der Waals surface area contributed by atoms with Crippen molar-refractivity contribution in [2.24, 2.45) is 7.05 Å². The van der Waals surface area contributed by atoms with Gasteiger partial charge in [0, 0.05) is 14.0 Å². The van der Waals surface area contributed by atoms with E-state index >= 15 is 0 Å². The fourth-order valence-corrected chi connectivity index (χ4v) is 1.40. The number of imidazole rings is 1. The largest absolute Gasteiger partial charge is 0.318 e. The maximum absolute atomic E-state index is 10.8. The molecular formula is C8H8ClN5O. The lowest BCUT2D eigenvalue weighted by molar-refractivity contribution is -0.114. The Morgan fingerprint density at radius 1 is 1.53 bits per heavy atom. The van der Waals surface area contributed by atoms with Crippen molar-refractivity contribution in [3.8, 4) is 0 Å². The fourth-order valence-electron chi connectivity index (χ4n) is 1.19. The molecule has 2 aromatic heterocycles. The van der Waals surface area contributed by atoms with Crippen molar-refractivity contribution in [1.29, 1.82) is 0 Å². The minimum Gasteiger partial charge on any atom is -0.318 e. The van der Waals surface area contributed by atoms with Crippen LogP contribution in [0.25, 0.3) is 11.2 Å². The fraction of sp³-hybridized carbons (Fsp3) is 0.250.